The maximum Gasteiger partial charge on any atom is 0.166 e. The molecule has 0 bridgehead atoms. The van der Waals surface area contributed by atoms with E-state index in [1.54, 1.807) is 12.4 Å². The topological polar surface area (TPSA) is 90.7 Å². The molecule has 0 aliphatic rings. The Morgan fingerprint density at radius 1 is 1.10 bits per heavy atom. The number of nitrogen functional groups attached to an aromatic ring is 2. The van der Waals surface area contributed by atoms with Gasteiger partial charge in [-0.15, -0.1) is 0 Å². The molecule has 2 aromatic heterocycles. The molecule has 0 saturated carbocycles. The van der Waals surface area contributed by atoms with Crippen LogP contribution in [0.4, 0.5) is 11.6 Å². The molecule has 5 heteroatoms. The first-order chi connectivity index (χ1) is 10.1. The van der Waals surface area contributed by atoms with Crippen LogP contribution in [0.25, 0.3) is 10.9 Å². The van der Waals surface area contributed by atoms with Crippen molar-refractivity contribution in [2.75, 3.05) is 11.5 Å². The second kappa shape index (κ2) is 5.01. The highest BCUT2D eigenvalue weighted by molar-refractivity contribution is 5.80. The molecule has 1 aromatic carbocycles. The van der Waals surface area contributed by atoms with Crippen LogP contribution in [0, 0.1) is 6.92 Å². The van der Waals surface area contributed by atoms with Gasteiger partial charge in [-0.25, -0.2) is 9.97 Å². The van der Waals surface area contributed by atoms with Gasteiger partial charge in [0, 0.05) is 17.5 Å². The standard InChI is InChI=1S/C16H17N5/c1-9-6-13-11(4-3-5-19-13)7-12(9)10(2)14-8-20-15(17)16(18)21-14/h3-8,10H,1-2H3,(H2,17,20)(H2,18,21). The molecule has 0 aliphatic carbocycles. The van der Waals surface area contributed by atoms with Crippen molar-refractivity contribution in [2.24, 2.45) is 0 Å². The molecule has 21 heavy (non-hydrogen) atoms. The lowest BCUT2D eigenvalue weighted by atomic mass is 9.92. The number of benzene rings is 1. The molecule has 0 saturated heterocycles. The van der Waals surface area contributed by atoms with Crippen LogP contribution >= 0.6 is 0 Å². The Morgan fingerprint density at radius 2 is 1.90 bits per heavy atom. The Bertz CT molecular complexity index is 813. The second-order valence-electron chi connectivity index (χ2n) is 5.19. The molecule has 0 spiro atoms. The van der Waals surface area contributed by atoms with Crippen molar-refractivity contribution >= 4 is 22.5 Å². The van der Waals surface area contributed by atoms with E-state index in [-0.39, 0.29) is 17.6 Å². The summed E-state index contributed by atoms with van der Waals surface area (Å²) in [6.07, 6.45) is 3.49. The van der Waals surface area contributed by atoms with E-state index in [4.69, 9.17) is 11.5 Å². The average molecular weight is 279 g/mol. The summed E-state index contributed by atoms with van der Waals surface area (Å²) in [7, 11) is 0. The third-order valence-corrected chi connectivity index (χ3v) is 3.75. The first-order valence-corrected chi connectivity index (χ1v) is 6.79. The van der Waals surface area contributed by atoms with Crippen molar-refractivity contribution in [1.29, 1.82) is 0 Å². The van der Waals surface area contributed by atoms with Crippen LogP contribution < -0.4 is 11.5 Å². The molecule has 5 nitrogen and oxygen atoms in total. The molecule has 3 rings (SSSR count). The van der Waals surface area contributed by atoms with Gasteiger partial charge in [0.05, 0.1) is 17.4 Å². The van der Waals surface area contributed by atoms with Gasteiger partial charge in [-0.05, 0) is 36.2 Å². The van der Waals surface area contributed by atoms with Gasteiger partial charge in [0.25, 0.3) is 0 Å². The summed E-state index contributed by atoms with van der Waals surface area (Å²) in [5.74, 6) is 0.634. The van der Waals surface area contributed by atoms with E-state index in [0.717, 1.165) is 16.6 Å². The third kappa shape index (κ3) is 2.38. The first kappa shape index (κ1) is 13.3. The van der Waals surface area contributed by atoms with Gasteiger partial charge in [0.1, 0.15) is 0 Å². The lowest BCUT2D eigenvalue weighted by Crippen LogP contribution is -2.07. The Hall–Kier alpha value is -2.69. The molecule has 4 N–H and O–H groups in total. The number of aromatic nitrogens is 3. The molecule has 0 radical (unpaired) electrons. The Morgan fingerprint density at radius 3 is 2.67 bits per heavy atom. The van der Waals surface area contributed by atoms with E-state index in [2.05, 4.69) is 47.0 Å². The molecular formula is C16H17N5. The van der Waals surface area contributed by atoms with Crippen molar-refractivity contribution in [3.8, 4) is 0 Å². The fraction of sp³-hybridized carbons (Fsp3) is 0.188. The van der Waals surface area contributed by atoms with Crippen LogP contribution in [-0.4, -0.2) is 15.0 Å². The Kier molecular flexibility index (Phi) is 3.17. The summed E-state index contributed by atoms with van der Waals surface area (Å²) in [4.78, 5) is 12.8. The summed E-state index contributed by atoms with van der Waals surface area (Å²) >= 11 is 0. The number of nitrogens with zero attached hydrogens (tertiary/aromatic N) is 3. The normalized spacial score (nSPS) is 12.5. The molecular weight excluding hydrogens is 262 g/mol. The number of fused-ring (bicyclic) bond motifs is 1. The van der Waals surface area contributed by atoms with Crippen molar-refractivity contribution in [1.82, 2.24) is 15.0 Å². The summed E-state index contributed by atoms with van der Waals surface area (Å²) in [6, 6.07) is 8.24. The summed E-state index contributed by atoms with van der Waals surface area (Å²) in [5, 5.41) is 1.11. The fourth-order valence-electron chi connectivity index (χ4n) is 2.50. The van der Waals surface area contributed by atoms with E-state index in [9.17, 15) is 0 Å². The van der Waals surface area contributed by atoms with Crippen LogP contribution in [-0.2, 0) is 0 Å². The van der Waals surface area contributed by atoms with Crippen LogP contribution in [0.15, 0.2) is 36.7 Å². The van der Waals surface area contributed by atoms with Crippen molar-refractivity contribution in [2.45, 2.75) is 19.8 Å². The smallest absolute Gasteiger partial charge is 0.166 e. The molecule has 1 atom stereocenters. The zero-order valence-corrected chi connectivity index (χ0v) is 12.0. The number of aryl methyl sites for hydroxylation is 1. The number of hydrogen-bond acceptors (Lipinski definition) is 5. The van der Waals surface area contributed by atoms with Crippen molar-refractivity contribution in [3.63, 3.8) is 0 Å². The molecule has 1 unspecified atom stereocenters. The van der Waals surface area contributed by atoms with Crippen LogP contribution in [0.2, 0.25) is 0 Å². The monoisotopic (exact) mass is 279 g/mol. The highest BCUT2D eigenvalue weighted by atomic mass is 15.0. The Balaban J connectivity index is 2.10. The zero-order valence-electron chi connectivity index (χ0n) is 12.0. The number of hydrogen-bond donors (Lipinski definition) is 2. The predicted molar refractivity (Wildman–Crippen MR) is 84.9 cm³/mol. The number of nitrogens with two attached hydrogens (primary N) is 2. The van der Waals surface area contributed by atoms with Crippen LogP contribution in [0.1, 0.15) is 29.7 Å². The van der Waals surface area contributed by atoms with Crippen molar-refractivity contribution in [3.05, 3.63) is 53.5 Å². The minimum atomic E-state index is 0.0880. The fourth-order valence-corrected chi connectivity index (χ4v) is 2.50. The lowest BCUT2D eigenvalue weighted by Gasteiger charge is -2.15. The number of rotatable bonds is 2. The van der Waals surface area contributed by atoms with E-state index in [1.165, 1.54) is 11.1 Å². The SMILES string of the molecule is Cc1cc2ncccc2cc1C(C)c1cnc(N)c(N)n1. The highest BCUT2D eigenvalue weighted by Gasteiger charge is 2.15. The largest absolute Gasteiger partial charge is 0.381 e. The minimum absolute atomic E-state index is 0.0880. The lowest BCUT2D eigenvalue weighted by molar-refractivity contribution is 0.856. The van der Waals surface area contributed by atoms with Gasteiger partial charge < -0.3 is 11.5 Å². The molecule has 0 aliphatic heterocycles. The quantitative estimate of drug-likeness (QED) is 0.752. The molecule has 106 valence electrons. The maximum atomic E-state index is 5.76. The van der Waals surface area contributed by atoms with Gasteiger partial charge in [0.15, 0.2) is 11.6 Å². The van der Waals surface area contributed by atoms with E-state index >= 15 is 0 Å². The molecule has 2 heterocycles. The van der Waals surface area contributed by atoms with E-state index in [0.29, 0.717) is 0 Å². The Labute approximate surface area is 123 Å². The molecule has 0 fully saturated rings. The maximum absolute atomic E-state index is 5.76. The number of anilines is 2. The van der Waals surface area contributed by atoms with Gasteiger partial charge >= 0.3 is 0 Å². The minimum Gasteiger partial charge on any atom is -0.381 e. The van der Waals surface area contributed by atoms with E-state index < -0.39 is 0 Å². The van der Waals surface area contributed by atoms with Crippen molar-refractivity contribution < 1.29 is 0 Å². The van der Waals surface area contributed by atoms with Gasteiger partial charge in [0.2, 0.25) is 0 Å². The van der Waals surface area contributed by atoms with Crippen LogP contribution in [0.5, 0.6) is 0 Å². The van der Waals surface area contributed by atoms with Gasteiger partial charge in [-0.1, -0.05) is 13.0 Å². The number of pyridine rings is 1. The second-order valence-corrected chi connectivity index (χ2v) is 5.19. The zero-order chi connectivity index (χ0) is 15.0. The summed E-state index contributed by atoms with van der Waals surface area (Å²) < 4.78 is 0. The third-order valence-electron chi connectivity index (χ3n) is 3.75. The highest BCUT2D eigenvalue weighted by Crippen LogP contribution is 2.29. The first-order valence-electron chi connectivity index (χ1n) is 6.79. The van der Waals surface area contributed by atoms with Gasteiger partial charge in [-0.3, -0.25) is 4.98 Å². The molecule has 0 amide bonds. The summed E-state index contributed by atoms with van der Waals surface area (Å²) in [6.45, 7) is 4.16. The average Bonchev–Trinajstić information content (AvgIpc) is 2.48. The molecule has 3 aromatic rings. The van der Waals surface area contributed by atoms with Crippen LogP contribution in [0.3, 0.4) is 0 Å². The summed E-state index contributed by atoms with van der Waals surface area (Å²) in [5.41, 5.74) is 15.5. The van der Waals surface area contributed by atoms with Gasteiger partial charge in [-0.2, -0.15) is 0 Å². The van der Waals surface area contributed by atoms with E-state index in [1.807, 2.05) is 6.07 Å². The predicted octanol–water partition coefficient (Wildman–Crippen LogP) is 2.65.